The topological polar surface area (TPSA) is 144 Å². The molecule has 0 aliphatic carbocycles. The fourth-order valence-electron chi connectivity index (χ4n) is 3.39. The van der Waals surface area contributed by atoms with Crippen LogP contribution in [0.4, 0.5) is 17.3 Å². The number of carbonyl (C=O) groups excluding carboxylic acids is 1. The van der Waals surface area contributed by atoms with Crippen LogP contribution in [0.15, 0.2) is 69.3 Å². The van der Waals surface area contributed by atoms with E-state index in [0.717, 1.165) is 16.3 Å². The van der Waals surface area contributed by atoms with Gasteiger partial charge in [0.15, 0.2) is 11.6 Å². The SMILES string of the molecule is CC(=O)Nc1ccc(Sc2cc(Nc3cc(C)[nH]n3)nc(-c3ccc4[nH][nH]c(=O)c4c3)n2)cc1. The third-order valence-electron chi connectivity index (χ3n) is 4.89. The van der Waals surface area contributed by atoms with Crippen molar-refractivity contribution in [3.8, 4) is 11.4 Å². The molecular formula is C23H20N8O2S. The molecule has 3 aromatic heterocycles. The summed E-state index contributed by atoms with van der Waals surface area (Å²) in [4.78, 5) is 33.7. The zero-order chi connectivity index (χ0) is 23.7. The molecule has 2 aromatic carbocycles. The number of aromatic nitrogens is 6. The molecule has 0 bridgehead atoms. The minimum Gasteiger partial charge on any atom is -0.326 e. The maximum absolute atomic E-state index is 12.1. The van der Waals surface area contributed by atoms with Gasteiger partial charge in [-0.3, -0.25) is 24.9 Å². The molecule has 0 spiro atoms. The van der Waals surface area contributed by atoms with Crippen molar-refractivity contribution < 1.29 is 4.79 Å². The predicted molar refractivity (Wildman–Crippen MR) is 131 cm³/mol. The lowest BCUT2D eigenvalue weighted by Crippen LogP contribution is -2.05. The number of hydrogen-bond donors (Lipinski definition) is 5. The summed E-state index contributed by atoms with van der Waals surface area (Å²) in [6, 6.07) is 16.6. The van der Waals surface area contributed by atoms with Crippen LogP contribution >= 0.6 is 11.8 Å². The molecule has 0 fully saturated rings. The maximum atomic E-state index is 12.1. The van der Waals surface area contributed by atoms with Gasteiger partial charge in [-0.05, 0) is 49.4 Å². The van der Waals surface area contributed by atoms with Crippen molar-refractivity contribution in [2.75, 3.05) is 10.6 Å². The quantitative estimate of drug-likeness (QED) is 0.233. The van der Waals surface area contributed by atoms with Gasteiger partial charge in [-0.2, -0.15) is 5.10 Å². The monoisotopic (exact) mass is 472 g/mol. The Kier molecular flexibility index (Phi) is 5.60. The molecule has 0 saturated heterocycles. The van der Waals surface area contributed by atoms with Gasteiger partial charge in [0.1, 0.15) is 10.8 Å². The number of H-pyrrole nitrogens is 3. The number of benzene rings is 2. The number of amides is 1. The highest BCUT2D eigenvalue weighted by Crippen LogP contribution is 2.31. The first-order chi connectivity index (χ1) is 16.4. The van der Waals surface area contributed by atoms with Crippen LogP contribution in [0.2, 0.25) is 0 Å². The van der Waals surface area contributed by atoms with E-state index in [0.29, 0.717) is 39.0 Å². The minimum atomic E-state index is -0.202. The maximum Gasteiger partial charge on any atom is 0.271 e. The molecule has 0 aliphatic heterocycles. The molecule has 0 atom stereocenters. The van der Waals surface area contributed by atoms with E-state index < -0.39 is 0 Å². The molecule has 0 radical (unpaired) electrons. The van der Waals surface area contributed by atoms with E-state index in [1.54, 1.807) is 6.07 Å². The number of fused-ring (bicyclic) bond motifs is 1. The molecule has 0 unspecified atom stereocenters. The molecule has 11 heteroatoms. The molecule has 0 aliphatic rings. The third kappa shape index (κ3) is 4.69. The number of nitrogens with one attached hydrogen (secondary N) is 5. The second-order valence-electron chi connectivity index (χ2n) is 7.62. The molecular weight excluding hydrogens is 452 g/mol. The Hall–Kier alpha value is -4.38. The van der Waals surface area contributed by atoms with Crippen LogP contribution in [0.25, 0.3) is 22.3 Å². The van der Waals surface area contributed by atoms with Crippen molar-refractivity contribution >= 4 is 45.9 Å². The summed E-state index contributed by atoms with van der Waals surface area (Å²) in [5.74, 6) is 1.55. The van der Waals surface area contributed by atoms with Crippen LogP contribution in [0, 0.1) is 6.92 Å². The van der Waals surface area contributed by atoms with Gasteiger partial charge in [-0.25, -0.2) is 9.97 Å². The summed E-state index contributed by atoms with van der Waals surface area (Å²) < 4.78 is 0. The number of aromatic amines is 3. The van der Waals surface area contributed by atoms with Gasteiger partial charge in [-0.15, -0.1) is 0 Å². The molecule has 10 nitrogen and oxygen atoms in total. The smallest absolute Gasteiger partial charge is 0.271 e. The molecule has 0 saturated carbocycles. The van der Waals surface area contributed by atoms with Crippen LogP contribution in [0.1, 0.15) is 12.6 Å². The van der Waals surface area contributed by atoms with E-state index in [2.05, 4.69) is 36.0 Å². The lowest BCUT2D eigenvalue weighted by atomic mass is 10.1. The van der Waals surface area contributed by atoms with Crippen LogP contribution in [0.5, 0.6) is 0 Å². The Labute approximate surface area is 197 Å². The van der Waals surface area contributed by atoms with E-state index in [4.69, 9.17) is 4.98 Å². The average Bonchev–Trinajstić information content (AvgIpc) is 3.39. The van der Waals surface area contributed by atoms with E-state index in [1.807, 2.05) is 55.5 Å². The number of hydrogen-bond acceptors (Lipinski definition) is 7. The summed E-state index contributed by atoms with van der Waals surface area (Å²) in [5, 5.41) is 19.7. The molecule has 170 valence electrons. The number of carbonyl (C=O) groups is 1. The second-order valence-corrected chi connectivity index (χ2v) is 8.72. The molecule has 3 heterocycles. The van der Waals surface area contributed by atoms with Crippen molar-refractivity contribution in [1.29, 1.82) is 0 Å². The molecule has 34 heavy (non-hydrogen) atoms. The Bertz CT molecular complexity index is 1550. The first-order valence-corrected chi connectivity index (χ1v) is 11.2. The standard InChI is InChI=1S/C23H20N8O2S/c1-12-9-20(30-28-12)25-19-11-21(34-16-6-4-15(5-7-16)24-13(2)32)27-22(26-19)14-3-8-18-17(10-14)23(33)31-29-18/h3-11H,1-2H3,(H,24,32)(H2,29,31,33)(H2,25,26,27,28,30). The summed E-state index contributed by atoms with van der Waals surface area (Å²) >= 11 is 1.46. The predicted octanol–water partition coefficient (Wildman–Crippen LogP) is 4.20. The zero-order valence-electron chi connectivity index (χ0n) is 18.3. The fraction of sp³-hybridized carbons (Fsp3) is 0.0870. The summed E-state index contributed by atoms with van der Waals surface area (Å²) in [6.45, 7) is 3.39. The number of anilines is 3. The average molecular weight is 473 g/mol. The first kappa shape index (κ1) is 21.5. The highest BCUT2D eigenvalue weighted by molar-refractivity contribution is 7.99. The van der Waals surface area contributed by atoms with Crippen LogP contribution in [-0.4, -0.2) is 36.3 Å². The zero-order valence-corrected chi connectivity index (χ0v) is 19.1. The molecule has 5 rings (SSSR count). The summed E-state index contributed by atoms with van der Waals surface area (Å²) in [7, 11) is 0. The second kappa shape index (κ2) is 8.87. The molecule has 5 N–H and O–H groups in total. The first-order valence-electron chi connectivity index (χ1n) is 10.4. The van der Waals surface area contributed by atoms with E-state index in [-0.39, 0.29) is 11.5 Å². The van der Waals surface area contributed by atoms with Crippen molar-refractivity contribution in [1.82, 2.24) is 30.4 Å². The van der Waals surface area contributed by atoms with Gasteiger partial charge < -0.3 is 10.6 Å². The summed E-state index contributed by atoms with van der Waals surface area (Å²) in [6.07, 6.45) is 0. The van der Waals surface area contributed by atoms with Crippen molar-refractivity contribution in [3.05, 3.63) is 70.6 Å². The number of rotatable bonds is 6. The largest absolute Gasteiger partial charge is 0.326 e. The van der Waals surface area contributed by atoms with Crippen molar-refractivity contribution in [3.63, 3.8) is 0 Å². The van der Waals surface area contributed by atoms with E-state index in [9.17, 15) is 9.59 Å². The number of aryl methyl sites for hydroxylation is 1. The lowest BCUT2D eigenvalue weighted by molar-refractivity contribution is -0.114. The Morgan fingerprint density at radius 1 is 0.971 bits per heavy atom. The fourth-order valence-corrected chi connectivity index (χ4v) is 4.20. The van der Waals surface area contributed by atoms with Gasteiger partial charge in [0.05, 0.1) is 10.9 Å². The molecule has 1 amide bonds. The minimum absolute atomic E-state index is 0.122. The van der Waals surface area contributed by atoms with Crippen LogP contribution in [-0.2, 0) is 4.79 Å². The van der Waals surface area contributed by atoms with Crippen LogP contribution < -0.4 is 16.2 Å². The highest BCUT2D eigenvalue weighted by atomic mass is 32.2. The Morgan fingerprint density at radius 3 is 2.53 bits per heavy atom. The third-order valence-corrected chi connectivity index (χ3v) is 5.82. The highest BCUT2D eigenvalue weighted by Gasteiger charge is 2.12. The van der Waals surface area contributed by atoms with E-state index in [1.165, 1.54) is 18.7 Å². The van der Waals surface area contributed by atoms with Gasteiger partial charge in [-0.1, -0.05) is 11.8 Å². The normalized spacial score (nSPS) is 11.0. The molecule has 5 aromatic rings. The summed E-state index contributed by atoms with van der Waals surface area (Å²) in [5.41, 5.74) is 2.86. The number of nitrogens with zero attached hydrogens (tertiary/aromatic N) is 3. The van der Waals surface area contributed by atoms with Gasteiger partial charge >= 0.3 is 0 Å². The van der Waals surface area contributed by atoms with E-state index >= 15 is 0 Å². The van der Waals surface area contributed by atoms with Gasteiger partial charge in [0, 0.05) is 40.9 Å². The Balaban J connectivity index is 1.51. The lowest BCUT2D eigenvalue weighted by Gasteiger charge is -2.09. The van der Waals surface area contributed by atoms with Crippen molar-refractivity contribution in [2.45, 2.75) is 23.8 Å². The van der Waals surface area contributed by atoms with Crippen LogP contribution in [0.3, 0.4) is 0 Å². The Morgan fingerprint density at radius 2 is 1.79 bits per heavy atom. The van der Waals surface area contributed by atoms with Gasteiger partial charge in [0.2, 0.25) is 5.91 Å². The van der Waals surface area contributed by atoms with Gasteiger partial charge in [0.25, 0.3) is 5.56 Å². The van der Waals surface area contributed by atoms with Crippen molar-refractivity contribution in [2.24, 2.45) is 0 Å².